The van der Waals surface area contributed by atoms with Crippen molar-refractivity contribution in [2.75, 3.05) is 16.0 Å². The topological polar surface area (TPSA) is 96.0 Å². The number of aromatic nitrogens is 2. The van der Waals surface area contributed by atoms with Crippen molar-refractivity contribution in [2.45, 2.75) is 20.8 Å². The summed E-state index contributed by atoms with van der Waals surface area (Å²) >= 11 is 1.30. The Bertz CT molecular complexity index is 1260. The van der Waals surface area contributed by atoms with Crippen LogP contribution in [0.3, 0.4) is 0 Å². The molecule has 0 fully saturated rings. The van der Waals surface area contributed by atoms with E-state index < -0.39 is 6.03 Å². The molecule has 3 amide bonds. The minimum Gasteiger partial charge on any atom is -0.322 e. The summed E-state index contributed by atoms with van der Waals surface area (Å²) in [5.74, 6) is 0.259. The Morgan fingerprint density at radius 1 is 0.903 bits per heavy atom. The van der Waals surface area contributed by atoms with Gasteiger partial charge in [0.25, 0.3) is 5.91 Å². The van der Waals surface area contributed by atoms with Gasteiger partial charge in [0.1, 0.15) is 5.82 Å². The number of carbonyl (C=O) groups is 2. The highest BCUT2D eigenvalue weighted by Gasteiger charge is 2.14. The molecule has 31 heavy (non-hydrogen) atoms. The predicted molar refractivity (Wildman–Crippen MR) is 125 cm³/mol. The van der Waals surface area contributed by atoms with Gasteiger partial charge in [0.15, 0.2) is 5.13 Å². The van der Waals surface area contributed by atoms with E-state index >= 15 is 0 Å². The lowest BCUT2D eigenvalue weighted by molar-refractivity contribution is 0.102. The third kappa shape index (κ3) is 4.70. The molecule has 0 saturated heterocycles. The molecule has 0 spiro atoms. The molecule has 0 aliphatic heterocycles. The minimum atomic E-state index is -0.430. The molecule has 0 radical (unpaired) electrons. The van der Waals surface area contributed by atoms with Crippen molar-refractivity contribution in [1.82, 2.24) is 9.97 Å². The number of hydrogen-bond donors (Lipinski definition) is 3. The molecule has 2 aromatic carbocycles. The lowest BCUT2D eigenvalue weighted by atomic mass is 10.0. The first-order valence-corrected chi connectivity index (χ1v) is 10.5. The van der Waals surface area contributed by atoms with E-state index in [1.807, 2.05) is 32.9 Å². The van der Waals surface area contributed by atoms with Crippen LogP contribution in [-0.2, 0) is 0 Å². The van der Waals surface area contributed by atoms with Gasteiger partial charge in [0, 0.05) is 17.4 Å². The van der Waals surface area contributed by atoms with Crippen LogP contribution < -0.4 is 16.0 Å². The van der Waals surface area contributed by atoms with Crippen LogP contribution in [0.15, 0.2) is 54.7 Å². The number of benzene rings is 2. The van der Waals surface area contributed by atoms with Crippen molar-refractivity contribution < 1.29 is 9.59 Å². The lowest BCUT2D eigenvalue weighted by Gasteiger charge is -2.12. The van der Waals surface area contributed by atoms with Crippen LogP contribution in [0, 0.1) is 20.8 Å². The first kappa shape index (κ1) is 20.5. The summed E-state index contributed by atoms with van der Waals surface area (Å²) in [6.07, 6.45) is 1.60. The van der Waals surface area contributed by atoms with Gasteiger partial charge < -0.3 is 5.32 Å². The first-order valence-electron chi connectivity index (χ1n) is 9.68. The molecular formula is C23H21N5O2S. The van der Waals surface area contributed by atoms with E-state index in [0.29, 0.717) is 22.0 Å². The Morgan fingerprint density at radius 2 is 1.68 bits per heavy atom. The van der Waals surface area contributed by atoms with E-state index in [0.717, 1.165) is 27.1 Å². The Balaban J connectivity index is 1.50. The molecule has 0 aliphatic carbocycles. The molecule has 0 unspecified atom stereocenters. The number of rotatable bonds is 4. The molecule has 156 valence electrons. The van der Waals surface area contributed by atoms with Gasteiger partial charge in [-0.05, 0) is 62.2 Å². The van der Waals surface area contributed by atoms with E-state index in [2.05, 4.69) is 25.9 Å². The number of amides is 3. The van der Waals surface area contributed by atoms with Gasteiger partial charge in [-0.2, -0.15) is 0 Å². The van der Waals surface area contributed by atoms with Gasteiger partial charge in [-0.1, -0.05) is 35.1 Å². The fourth-order valence-electron chi connectivity index (χ4n) is 3.36. The number of hydrogen-bond acceptors (Lipinski definition) is 5. The van der Waals surface area contributed by atoms with E-state index in [1.54, 1.807) is 42.6 Å². The van der Waals surface area contributed by atoms with Crippen molar-refractivity contribution in [3.8, 4) is 0 Å². The van der Waals surface area contributed by atoms with E-state index in [1.165, 1.54) is 11.3 Å². The van der Waals surface area contributed by atoms with Gasteiger partial charge in [0.05, 0.1) is 10.2 Å². The van der Waals surface area contributed by atoms with Crippen molar-refractivity contribution in [1.29, 1.82) is 0 Å². The van der Waals surface area contributed by atoms with Gasteiger partial charge in [0.2, 0.25) is 0 Å². The molecule has 7 nitrogen and oxygen atoms in total. The lowest BCUT2D eigenvalue weighted by Crippen LogP contribution is -2.19. The quantitative estimate of drug-likeness (QED) is 0.397. The Labute approximate surface area is 183 Å². The summed E-state index contributed by atoms with van der Waals surface area (Å²) < 4.78 is 0.804. The number of fused-ring (bicyclic) bond motifs is 1. The highest BCUT2D eigenvalue weighted by Crippen LogP contribution is 2.28. The number of pyridine rings is 1. The monoisotopic (exact) mass is 431 g/mol. The molecular weight excluding hydrogens is 410 g/mol. The Kier molecular flexibility index (Phi) is 5.64. The Morgan fingerprint density at radius 3 is 2.39 bits per heavy atom. The van der Waals surface area contributed by atoms with Crippen LogP contribution in [0.25, 0.3) is 10.2 Å². The molecule has 0 saturated carbocycles. The molecule has 0 atom stereocenters. The highest BCUT2D eigenvalue weighted by molar-refractivity contribution is 7.22. The van der Waals surface area contributed by atoms with Crippen molar-refractivity contribution >= 4 is 50.1 Å². The van der Waals surface area contributed by atoms with Crippen LogP contribution in [0.4, 0.5) is 21.4 Å². The fourth-order valence-corrected chi connectivity index (χ4v) is 4.26. The fraction of sp³-hybridized carbons (Fsp3) is 0.130. The smallest absolute Gasteiger partial charge is 0.322 e. The maximum atomic E-state index is 12.8. The summed E-state index contributed by atoms with van der Waals surface area (Å²) in [4.78, 5) is 33.4. The van der Waals surface area contributed by atoms with Crippen LogP contribution in [-0.4, -0.2) is 21.9 Å². The summed E-state index contributed by atoms with van der Waals surface area (Å²) in [6, 6.07) is 14.2. The maximum Gasteiger partial charge on any atom is 0.326 e. The van der Waals surface area contributed by atoms with E-state index in [-0.39, 0.29) is 5.91 Å². The van der Waals surface area contributed by atoms with Gasteiger partial charge in [-0.3, -0.25) is 15.4 Å². The maximum absolute atomic E-state index is 12.8. The van der Waals surface area contributed by atoms with Gasteiger partial charge in [-0.15, -0.1) is 0 Å². The molecule has 4 aromatic rings. The molecule has 4 rings (SSSR count). The van der Waals surface area contributed by atoms with E-state index in [4.69, 9.17) is 0 Å². The van der Waals surface area contributed by atoms with E-state index in [9.17, 15) is 9.59 Å². The molecule has 0 bridgehead atoms. The van der Waals surface area contributed by atoms with Crippen LogP contribution in [0.2, 0.25) is 0 Å². The predicted octanol–water partition coefficient (Wildman–Crippen LogP) is 5.51. The second-order valence-electron chi connectivity index (χ2n) is 7.22. The summed E-state index contributed by atoms with van der Waals surface area (Å²) in [7, 11) is 0. The summed E-state index contributed by atoms with van der Waals surface area (Å²) in [5, 5.41) is 8.80. The average Bonchev–Trinajstić information content (AvgIpc) is 3.12. The zero-order valence-corrected chi connectivity index (χ0v) is 18.1. The van der Waals surface area contributed by atoms with Crippen molar-refractivity contribution in [3.05, 3.63) is 77.0 Å². The molecule has 3 N–H and O–H groups in total. The number of thiazole rings is 1. The molecule has 0 aliphatic rings. The third-order valence-corrected chi connectivity index (χ3v) is 5.63. The van der Waals surface area contributed by atoms with Crippen molar-refractivity contribution in [2.24, 2.45) is 0 Å². The third-order valence-electron chi connectivity index (χ3n) is 4.69. The van der Waals surface area contributed by atoms with Crippen LogP contribution >= 0.6 is 11.3 Å². The minimum absolute atomic E-state index is 0.187. The molecule has 2 heterocycles. The van der Waals surface area contributed by atoms with Crippen molar-refractivity contribution in [3.63, 3.8) is 0 Å². The number of anilines is 3. The number of aryl methyl sites for hydroxylation is 3. The number of carbonyl (C=O) groups excluding carboxylic acids is 2. The van der Waals surface area contributed by atoms with Gasteiger partial charge >= 0.3 is 6.03 Å². The molecule has 2 aromatic heterocycles. The summed E-state index contributed by atoms with van der Waals surface area (Å²) in [5.41, 5.74) is 5.27. The number of nitrogens with zero attached hydrogens (tertiary/aromatic N) is 2. The molecule has 8 heteroatoms. The zero-order valence-electron chi connectivity index (χ0n) is 17.3. The Hall–Kier alpha value is -3.78. The van der Waals surface area contributed by atoms with Crippen LogP contribution in [0.1, 0.15) is 27.0 Å². The zero-order chi connectivity index (χ0) is 22.0. The second-order valence-corrected chi connectivity index (χ2v) is 8.25. The summed E-state index contributed by atoms with van der Waals surface area (Å²) in [6.45, 7) is 6.00. The second kappa shape index (κ2) is 8.53. The standard InChI is InChI=1S/C23H21N5O2S/c1-13-10-14(2)20(15(3)11-13)27-21(29)16-7-8-17-18(12-16)31-23(25-17)28-22(30)26-19-6-4-5-9-24-19/h4-12H,1-3H3,(H,27,29)(H2,24,25,26,28,30). The number of urea groups is 1. The van der Waals surface area contributed by atoms with Crippen LogP contribution in [0.5, 0.6) is 0 Å². The largest absolute Gasteiger partial charge is 0.326 e. The van der Waals surface area contributed by atoms with Gasteiger partial charge in [-0.25, -0.2) is 14.8 Å². The normalized spacial score (nSPS) is 10.7. The SMILES string of the molecule is Cc1cc(C)c(NC(=O)c2ccc3nc(NC(=O)Nc4ccccn4)sc3c2)c(C)c1. The number of nitrogens with one attached hydrogen (secondary N) is 3. The average molecular weight is 432 g/mol. The first-order chi connectivity index (χ1) is 14.9. The highest BCUT2D eigenvalue weighted by atomic mass is 32.1.